The van der Waals surface area contributed by atoms with Gasteiger partial charge in [0.1, 0.15) is 0 Å². The van der Waals surface area contributed by atoms with Gasteiger partial charge in [-0.3, -0.25) is 0 Å². The fourth-order valence-corrected chi connectivity index (χ4v) is 2.27. The number of fused-ring (bicyclic) bond motifs is 1. The number of carbonyl (C=O) groups is 1. The molecular formula is C6H4N2O2Se. The standard InChI is InChI=1S/C6H4N2O2Se/c9-6(10)4-1-3-5(8-4)11-2-7-3/h1-2,8H,(H,9,10). The Kier molecular flexibility index (Phi) is 1.34. The first-order chi connectivity index (χ1) is 5.27. The molecule has 11 heavy (non-hydrogen) atoms. The van der Waals surface area contributed by atoms with E-state index in [2.05, 4.69) is 9.97 Å². The average Bonchev–Trinajstić information content (AvgIpc) is 2.40. The van der Waals surface area contributed by atoms with Gasteiger partial charge in [0.15, 0.2) is 0 Å². The van der Waals surface area contributed by atoms with Crippen molar-refractivity contribution in [3.63, 3.8) is 0 Å². The first-order valence-corrected chi connectivity index (χ1v) is 4.77. The van der Waals surface area contributed by atoms with Gasteiger partial charge in [-0.1, -0.05) is 0 Å². The van der Waals surface area contributed by atoms with Crippen LogP contribution in [0.2, 0.25) is 0 Å². The SMILES string of the molecule is O=C(O)c1cc2nc[se]c2[nH]1. The molecule has 0 radical (unpaired) electrons. The molecule has 0 aliphatic carbocycles. The average molecular weight is 215 g/mol. The van der Waals surface area contributed by atoms with E-state index in [1.54, 1.807) is 6.07 Å². The number of carboxylic acid groups (broad SMARTS) is 1. The van der Waals surface area contributed by atoms with Gasteiger partial charge in [0, 0.05) is 0 Å². The van der Waals surface area contributed by atoms with Crippen molar-refractivity contribution < 1.29 is 9.90 Å². The maximum atomic E-state index is 10.4. The maximum absolute atomic E-state index is 10.4. The van der Waals surface area contributed by atoms with Crippen LogP contribution in [0.25, 0.3) is 9.91 Å². The van der Waals surface area contributed by atoms with Crippen LogP contribution in [0.1, 0.15) is 10.5 Å². The molecule has 0 fully saturated rings. The van der Waals surface area contributed by atoms with Crippen molar-refractivity contribution in [2.24, 2.45) is 0 Å². The fraction of sp³-hybridized carbons (Fsp3) is 0. The summed E-state index contributed by atoms with van der Waals surface area (Å²) in [6, 6.07) is 1.56. The summed E-state index contributed by atoms with van der Waals surface area (Å²) in [5, 5.41) is 10.4. The molecule has 0 unspecified atom stereocenters. The molecular weight excluding hydrogens is 211 g/mol. The van der Waals surface area contributed by atoms with Gasteiger partial charge >= 0.3 is 67.1 Å². The number of aromatic nitrogens is 2. The predicted molar refractivity (Wildman–Crippen MR) is 40.0 cm³/mol. The van der Waals surface area contributed by atoms with E-state index in [0.717, 1.165) is 9.91 Å². The molecule has 2 aromatic heterocycles. The Morgan fingerprint density at radius 3 is 3.18 bits per heavy atom. The van der Waals surface area contributed by atoms with Gasteiger partial charge < -0.3 is 0 Å². The van der Waals surface area contributed by atoms with Crippen molar-refractivity contribution >= 4 is 30.4 Å². The van der Waals surface area contributed by atoms with E-state index < -0.39 is 5.97 Å². The Morgan fingerprint density at radius 2 is 2.55 bits per heavy atom. The Hall–Kier alpha value is -1.06. The summed E-state index contributed by atoms with van der Waals surface area (Å²) in [5.74, 6) is -0.926. The molecule has 0 aliphatic heterocycles. The summed E-state index contributed by atoms with van der Waals surface area (Å²) < 4.78 is 0.954. The summed E-state index contributed by atoms with van der Waals surface area (Å²) in [6.45, 7) is 0. The molecule has 4 nitrogen and oxygen atoms in total. The van der Waals surface area contributed by atoms with Gasteiger partial charge in [-0.15, -0.1) is 0 Å². The Bertz CT molecular complexity index is 375. The molecule has 0 atom stereocenters. The molecule has 0 amide bonds. The molecule has 0 aliphatic rings. The topological polar surface area (TPSA) is 66.0 Å². The zero-order valence-electron chi connectivity index (χ0n) is 5.37. The summed E-state index contributed by atoms with van der Waals surface area (Å²) in [5.41, 5.74) is 1.01. The molecule has 56 valence electrons. The van der Waals surface area contributed by atoms with E-state index in [1.165, 1.54) is 0 Å². The number of rotatable bonds is 1. The first-order valence-electron chi connectivity index (χ1n) is 2.93. The number of nitrogens with one attached hydrogen (secondary N) is 1. The van der Waals surface area contributed by atoms with Crippen molar-refractivity contribution in [2.45, 2.75) is 0 Å². The zero-order valence-corrected chi connectivity index (χ0v) is 7.08. The molecule has 0 saturated carbocycles. The minimum atomic E-state index is -0.926. The van der Waals surface area contributed by atoms with Crippen molar-refractivity contribution in [3.8, 4) is 0 Å². The van der Waals surface area contributed by atoms with Crippen LogP contribution in [0.4, 0.5) is 0 Å². The molecule has 0 aromatic carbocycles. The van der Waals surface area contributed by atoms with E-state index >= 15 is 0 Å². The van der Waals surface area contributed by atoms with E-state index in [-0.39, 0.29) is 20.2 Å². The third-order valence-electron chi connectivity index (χ3n) is 1.35. The van der Waals surface area contributed by atoms with E-state index in [4.69, 9.17) is 5.11 Å². The number of hydrogen-bond acceptors (Lipinski definition) is 2. The van der Waals surface area contributed by atoms with E-state index in [9.17, 15) is 4.79 Å². The normalized spacial score (nSPS) is 10.5. The Balaban J connectivity index is 2.67. The Morgan fingerprint density at radius 1 is 1.73 bits per heavy atom. The van der Waals surface area contributed by atoms with Gasteiger partial charge in [0.2, 0.25) is 0 Å². The second kappa shape index (κ2) is 2.22. The monoisotopic (exact) mass is 216 g/mol. The van der Waals surface area contributed by atoms with Crippen LogP contribution >= 0.6 is 0 Å². The van der Waals surface area contributed by atoms with E-state index in [1.807, 2.05) is 5.07 Å². The Labute approximate surface area is 67.6 Å². The summed E-state index contributed by atoms with van der Waals surface area (Å²) in [6.07, 6.45) is 0. The molecule has 2 aromatic rings. The van der Waals surface area contributed by atoms with Crippen molar-refractivity contribution in [3.05, 3.63) is 16.8 Å². The van der Waals surface area contributed by atoms with Crippen LogP contribution in [0.15, 0.2) is 11.1 Å². The molecule has 2 heterocycles. The third kappa shape index (κ3) is 0.982. The number of hydrogen-bond donors (Lipinski definition) is 2. The van der Waals surface area contributed by atoms with Crippen molar-refractivity contribution in [1.82, 2.24) is 9.97 Å². The predicted octanol–water partition coefficient (Wildman–Crippen LogP) is 0.318. The first kappa shape index (κ1) is 6.64. The molecule has 0 bridgehead atoms. The van der Waals surface area contributed by atoms with Crippen LogP contribution < -0.4 is 0 Å². The molecule has 5 heteroatoms. The molecule has 2 N–H and O–H groups in total. The van der Waals surface area contributed by atoms with Crippen molar-refractivity contribution in [1.29, 1.82) is 0 Å². The number of aromatic amines is 1. The minimum absolute atomic E-state index is 0.197. The second-order valence-corrected chi connectivity index (χ2v) is 3.85. The van der Waals surface area contributed by atoms with Gasteiger partial charge in [-0.2, -0.15) is 0 Å². The molecule has 0 saturated heterocycles. The molecule has 0 spiro atoms. The van der Waals surface area contributed by atoms with Crippen LogP contribution in [0.5, 0.6) is 0 Å². The number of aromatic carboxylic acids is 1. The van der Waals surface area contributed by atoms with Crippen LogP contribution in [-0.2, 0) is 0 Å². The van der Waals surface area contributed by atoms with Gasteiger partial charge in [-0.05, 0) is 0 Å². The summed E-state index contributed by atoms with van der Waals surface area (Å²) in [7, 11) is 0. The van der Waals surface area contributed by atoms with E-state index in [0.29, 0.717) is 0 Å². The number of nitrogens with zero attached hydrogens (tertiary/aromatic N) is 1. The van der Waals surface area contributed by atoms with Crippen LogP contribution in [0, 0.1) is 0 Å². The quantitative estimate of drug-likeness (QED) is 0.673. The summed E-state index contributed by atoms with van der Waals surface area (Å²) >= 11 is 0.197. The van der Waals surface area contributed by atoms with Gasteiger partial charge in [0.05, 0.1) is 0 Å². The zero-order chi connectivity index (χ0) is 7.84. The fourth-order valence-electron chi connectivity index (χ4n) is 0.861. The van der Waals surface area contributed by atoms with Gasteiger partial charge in [-0.25, -0.2) is 0 Å². The van der Waals surface area contributed by atoms with Crippen LogP contribution in [-0.4, -0.2) is 35.5 Å². The van der Waals surface area contributed by atoms with Gasteiger partial charge in [0.25, 0.3) is 0 Å². The number of carboxylic acids is 1. The summed E-state index contributed by atoms with van der Waals surface area (Å²) in [4.78, 5) is 17.2. The van der Waals surface area contributed by atoms with Crippen LogP contribution in [0.3, 0.4) is 0 Å². The third-order valence-corrected chi connectivity index (χ3v) is 2.94. The second-order valence-electron chi connectivity index (χ2n) is 2.05. The number of H-pyrrole nitrogens is 1. The molecule has 2 rings (SSSR count). The van der Waals surface area contributed by atoms with Crippen molar-refractivity contribution in [2.75, 3.05) is 0 Å².